The standard InChI is InChI=1S/C8H10O3.H2O/c1-5(2)7(9)11-8(10)6(3)4;/h1,3H2,2,4H3;1H2. The van der Waals surface area contributed by atoms with Crippen LogP contribution in [0.2, 0.25) is 0 Å². The summed E-state index contributed by atoms with van der Waals surface area (Å²) in [6.45, 7) is 9.55. The van der Waals surface area contributed by atoms with Crippen molar-refractivity contribution in [3.05, 3.63) is 24.3 Å². The summed E-state index contributed by atoms with van der Waals surface area (Å²) in [5.41, 5.74) is 0.388. The molecule has 0 radical (unpaired) electrons. The van der Waals surface area contributed by atoms with E-state index in [1.807, 2.05) is 0 Å². The maximum Gasteiger partial charge on any atom is 0.340 e. The fourth-order valence-electron chi connectivity index (χ4n) is 0.258. The summed E-state index contributed by atoms with van der Waals surface area (Å²) in [4.78, 5) is 21.3. The highest BCUT2D eigenvalue weighted by Gasteiger charge is 2.10. The van der Waals surface area contributed by atoms with Gasteiger partial charge in [-0.15, -0.1) is 0 Å². The van der Waals surface area contributed by atoms with Crippen molar-refractivity contribution < 1.29 is 19.8 Å². The predicted molar refractivity (Wildman–Crippen MR) is 44.3 cm³/mol. The van der Waals surface area contributed by atoms with Crippen LogP contribution in [-0.4, -0.2) is 17.4 Å². The molecule has 0 aliphatic heterocycles. The summed E-state index contributed by atoms with van der Waals surface area (Å²) in [5.74, 6) is -1.42. The van der Waals surface area contributed by atoms with Gasteiger partial charge < -0.3 is 10.2 Å². The van der Waals surface area contributed by atoms with E-state index in [9.17, 15) is 9.59 Å². The molecule has 0 aromatic heterocycles. The fourth-order valence-corrected chi connectivity index (χ4v) is 0.258. The van der Waals surface area contributed by atoms with Gasteiger partial charge in [-0.25, -0.2) is 9.59 Å². The number of carbonyl (C=O) groups is 2. The van der Waals surface area contributed by atoms with Gasteiger partial charge in [0.15, 0.2) is 0 Å². The third kappa shape index (κ3) is 4.40. The maximum absolute atomic E-state index is 10.7. The van der Waals surface area contributed by atoms with Crippen LogP contribution in [0.5, 0.6) is 0 Å². The molecule has 0 aromatic rings. The molecule has 0 aliphatic carbocycles. The van der Waals surface area contributed by atoms with Crippen molar-refractivity contribution in [1.82, 2.24) is 0 Å². The van der Waals surface area contributed by atoms with Gasteiger partial charge in [0.1, 0.15) is 0 Å². The van der Waals surface area contributed by atoms with Gasteiger partial charge in [-0.1, -0.05) is 13.2 Å². The average molecular weight is 172 g/mol. The van der Waals surface area contributed by atoms with Crippen molar-refractivity contribution >= 4 is 11.9 Å². The summed E-state index contributed by atoms with van der Waals surface area (Å²) >= 11 is 0. The minimum absolute atomic E-state index is 0. The molecule has 0 atom stereocenters. The second-order valence-electron chi connectivity index (χ2n) is 2.24. The summed E-state index contributed by atoms with van der Waals surface area (Å²) < 4.78 is 4.30. The molecule has 4 nitrogen and oxygen atoms in total. The number of carbonyl (C=O) groups excluding carboxylic acids is 2. The van der Waals surface area contributed by atoms with E-state index in [0.29, 0.717) is 0 Å². The first kappa shape index (κ1) is 13.2. The summed E-state index contributed by atoms with van der Waals surface area (Å²) in [7, 11) is 0. The number of ether oxygens (including phenoxy) is 1. The lowest BCUT2D eigenvalue weighted by Crippen LogP contribution is -2.12. The Morgan fingerprint density at radius 3 is 1.42 bits per heavy atom. The SMILES string of the molecule is C=C(C)C(=O)OC(=O)C(=C)C.O. The molecule has 0 aliphatic rings. The van der Waals surface area contributed by atoms with Crippen molar-refractivity contribution in [3.63, 3.8) is 0 Å². The molecule has 12 heavy (non-hydrogen) atoms. The Balaban J connectivity index is 0. The van der Waals surface area contributed by atoms with Crippen LogP contribution in [0.25, 0.3) is 0 Å². The molecular formula is C8H12O4. The zero-order chi connectivity index (χ0) is 9.02. The van der Waals surface area contributed by atoms with Crippen LogP contribution < -0.4 is 0 Å². The second-order valence-corrected chi connectivity index (χ2v) is 2.24. The van der Waals surface area contributed by atoms with Gasteiger partial charge in [-0.2, -0.15) is 0 Å². The molecular weight excluding hydrogens is 160 g/mol. The normalized spacial score (nSPS) is 7.83. The van der Waals surface area contributed by atoms with E-state index in [1.54, 1.807) is 0 Å². The van der Waals surface area contributed by atoms with Crippen molar-refractivity contribution in [1.29, 1.82) is 0 Å². The number of hydrogen-bond donors (Lipinski definition) is 0. The van der Waals surface area contributed by atoms with E-state index in [1.165, 1.54) is 13.8 Å². The molecule has 0 aromatic carbocycles. The number of esters is 2. The summed E-state index contributed by atoms with van der Waals surface area (Å²) in [6, 6.07) is 0. The number of rotatable bonds is 2. The molecule has 0 unspecified atom stereocenters. The Labute approximate surface area is 70.8 Å². The van der Waals surface area contributed by atoms with E-state index in [2.05, 4.69) is 17.9 Å². The van der Waals surface area contributed by atoms with E-state index in [-0.39, 0.29) is 16.6 Å². The van der Waals surface area contributed by atoms with Crippen molar-refractivity contribution in [2.75, 3.05) is 0 Å². The third-order valence-corrected chi connectivity index (χ3v) is 0.882. The Hall–Kier alpha value is -1.42. The van der Waals surface area contributed by atoms with Gasteiger partial charge in [0, 0.05) is 11.1 Å². The lowest BCUT2D eigenvalue weighted by Gasteiger charge is -1.99. The van der Waals surface area contributed by atoms with Crippen LogP contribution >= 0.6 is 0 Å². The van der Waals surface area contributed by atoms with Crippen LogP contribution in [-0.2, 0) is 14.3 Å². The van der Waals surface area contributed by atoms with Crippen molar-refractivity contribution in [3.8, 4) is 0 Å². The Morgan fingerprint density at radius 2 is 1.25 bits per heavy atom. The predicted octanol–water partition coefficient (Wildman–Crippen LogP) is 0.384. The number of hydrogen-bond acceptors (Lipinski definition) is 3. The van der Waals surface area contributed by atoms with Crippen LogP contribution in [0.1, 0.15) is 13.8 Å². The highest BCUT2D eigenvalue weighted by Crippen LogP contribution is 1.97. The first-order valence-electron chi connectivity index (χ1n) is 3.02. The highest BCUT2D eigenvalue weighted by atomic mass is 16.6. The molecule has 0 fully saturated rings. The lowest BCUT2D eigenvalue weighted by molar-refractivity contribution is -0.153. The van der Waals surface area contributed by atoms with Crippen LogP contribution in [0.15, 0.2) is 24.3 Å². The average Bonchev–Trinajstić information content (AvgIpc) is 1.87. The molecule has 2 N–H and O–H groups in total. The van der Waals surface area contributed by atoms with Crippen LogP contribution in [0.4, 0.5) is 0 Å². The van der Waals surface area contributed by atoms with Crippen LogP contribution in [0, 0.1) is 0 Å². The third-order valence-electron chi connectivity index (χ3n) is 0.882. The lowest BCUT2D eigenvalue weighted by atomic mass is 10.3. The largest absolute Gasteiger partial charge is 0.412 e. The Morgan fingerprint density at radius 1 is 1.00 bits per heavy atom. The maximum atomic E-state index is 10.7. The minimum atomic E-state index is -0.710. The van der Waals surface area contributed by atoms with Crippen LogP contribution in [0.3, 0.4) is 0 Å². The molecule has 0 spiro atoms. The summed E-state index contributed by atoms with van der Waals surface area (Å²) in [6.07, 6.45) is 0. The smallest absolute Gasteiger partial charge is 0.340 e. The molecule has 0 heterocycles. The van der Waals surface area contributed by atoms with Gasteiger partial charge in [0.2, 0.25) is 0 Å². The first-order chi connectivity index (χ1) is 4.95. The van der Waals surface area contributed by atoms with Gasteiger partial charge in [-0.05, 0) is 13.8 Å². The van der Waals surface area contributed by atoms with E-state index < -0.39 is 11.9 Å². The first-order valence-corrected chi connectivity index (χ1v) is 3.02. The zero-order valence-corrected chi connectivity index (χ0v) is 7.14. The molecule has 0 bridgehead atoms. The second kappa shape index (κ2) is 5.26. The molecule has 0 amide bonds. The van der Waals surface area contributed by atoms with Gasteiger partial charge in [-0.3, -0.25) is 0 Å². The molecule has 68 valence electrons. The molecule has 0 saturated heterocycles. The summed E-state index contributed by atoms with van der Waals surface area (Å²) in [5, 5.41) is 0. The topological polar surface area (TPSA) is 74.9 Å². The van der Waals surface area contributed by atoms with Gasteiger partial charge in [0.25, 0.3) is 0 Å². The van der Waals surface area contributed by atoms with Gasteiger partial charge >= 0.3 is 11.9 Å². The molecule has 4 heteroatoms. The van der Waals surface area contributed by atoms with E-state index in [4.69, 9.17) is 0 Å². The minimum Gasteiger partial charge on any atom is -0.412 e. The van der Waals surface area contributed by atoms with E-state index >= 15 is 0 Å². The Bertz CT molecular complexity index is 203. The molecule has 0 saturated carbocycles. The van der Waals surface area contributed by atoms with Crippen molar-refractivity contribution in [2.24, 2.45) is 0 Å². The van der Waals surface area contributed by atoms with Gasteiger partial charge in [0.05, 0.1) is 0 Å². The highest BCUT2D eigenvalue weighted by molar-refractivity contribution is 6.00. The quantitative estimate of drug-likeness (QED) is 0.343. The monoisotopic (exact) mass is 172 g/mol. The van der Waals surface area contributed by atoms with E-state index in [0.717, 1.165) is 0 Å². The fraction of sp³-hybridized carbons (Fsp3) is 0.250. The zero-order valence-electron chi connectivity index (χ0n) is 7.14. The molecule has 0 rings (SSSR count). The van der Waals surface area contributed by atoms with Crippen molar-refractivity contribution in [2.45, 2.75) is 13.8 Å². The Kier molecular flexibility index (Phi) is 5.78.